The molecule has 1 aliphatic heterocycles. The number of aliphatic hydroxyl groups excluding tert-OH is 1. The maximum atomic E-state index is 13.7. The molecule has 2 aromatic rings. The Kier molecular flexibility index (Phi) is 7.22. The number of hydrogen-bond acceptors (Lipinski definition) is 3. The minimum Gasteiger partial charge on any atom is -0.386 e. The molecule has 0 saturated carbocycles. The van der Waals surface area contributed by atoms with E-state index in [4.69, 9.17) is 0 Å². The number of benzene rings is 2. The van der Waals surface area contributed by atoms with Crippen molar-refractivity contribution in [1.29, 1.82) is 0 Å². The van der Waals surface area contributed by atoms with Crippen molar-refractivity contribution in [2.24, 2.45) is 5.92 Å². The van der Waals surface area contributed by atoms with E-state index < -0.39 is 23.8 Å². The molecule has 1 saturated heterocycles. The summed E-state index contributed by atoms with van der Waals surface area (Å²) in [6.45, 7) is 5.22. The molecule has 2 aromatic carbocycles. The number of nitrogens with zero attached hydrogens (tertiary/aromatic N) is 1. The van der Waals surface area contributed by atoms with E-state index in [0.717, 1.165) is 43.6 Å². The van der Waals surface area contributed by atoms with Crippen LogP contribution in [-0.4, -0.2) is 41.6 Å². The Bertz CT molecular complexity index is 959. The van der Waals surface area contributed by atoms with Gasteiger partial charge in [-0.25, -0.2) is 13.6 Å². The van der Waals surface area contributed by atoms with Gasteiger partial charge in [0.1, 0.15) is 11.6 Å². The average molecular weight is 431 g/mol. The van der Waals surface area contributed by atoms with Gasteiger partial charge in [-0.3, -0.25) is 4.79 Å². The maximum absolute atomic E-state index is 13.7. The molecule has 166 valence electrons. The number of likely N-dealkylation sites (tertiary alicyclic amines) is 1. The van der Waals surface area contributed by atoms with E-state index in [1.807, 2.05) is 4.90 Å². The van der Waals surface area contributed by atoms with Crippen LogP contribution in [0.1, 0.15) is 47.4 Å². The van der Waals surface area contributed by atoms with Gasteiger partial charge in [0.05, 0.1) is 6.10 Å². The van der Waals surface area contributed by atoms with Gasteiger partial charge in [0.2, 0.25) is 0 Å². The van der Waals surface area contributed by atoms with Crippen molar-refractivity contribution in [3.63, 3.8) is 0 Å². The van der Waals surface area contributed by atoms with Gasteiger partial charge in [-0.15, -0.1) is 0 Å². The fraction of sp³-hybridized carbons (Fsp3) is 0.391. The predicted octanol–water partition coefficient (Wildman–Crippen LogP) is 4.00. The number of piperidine rings is 1. The van der Waals surface area contributed by atoms with Gasteiger partial charge in [0.25, 0.3) is 5.91 Å². The molecular formula is C23H27F2N3O3. The molecule has 1 atom stereocenters. The number of rotatable bonds is 5. The molecule has 0 radical (unpaired) electrons. The van der Waals surface area contributed by atoms with Gasteiger partial charge >= 0.3 is 6.03 Å². The fourth-order valence-corrected chi connectivity index (χ4v) is 3.57. The second-order valence-electron chi connectivity index (χ2n) is 8.02. The lowest BCUT2D eigenvalue weighted by Crippen LogP contribution is -2.38. The van der Waals surface area contributed by atoms with Crippen molar-refractivity contribution in [1.82, 2.24) is 10.2 Å². The fourth-order valence-electron chi connectivity index (χ4n) is 3.57. The summed E-state index contributed by atoms with van der Waals surface area (Å²) < 4.78 is 26.7. The molecule has 3 amide bonds. The number of carbonyl (C=O) groups is 2. The Hall–Kier alpha value is -3.00. The highest BCUT2D eigenvalue weighted by Crippen LogP contribution is 2.22. The highest BCUT2D eigenvalue weighted by atomic mass is 19.1. The molecule has 1 fully saturated rings. The summed E-state index contributed by atoms with van der Waals surface area (Å²) in [7, 11) is 0. The van der Waals surface area contributed by atoms with Crippen molar-refractivity contribution in [2.75, 3.05) is 25.0 Å². The molecule has 0 bridgehead atoms. The van der Waals surface area contributed by atoms with Crippen LogP contribution in [-0.2, 0) is 0 Å². The molecule has 3 N–H and O–H groups in total. The Labute approximate surface area is 180 Å². The first-order valence-corrected chi connectivity index (χ1v) is 10.3. The lowest BCUT2D eigenvalue weighted by Gasteiger charge is -2.30. The number of amides is 3. The maximum Gasteiger partial charge on any atom is 0.319 e. The van der Waals surface area contributed by atoms with Gasteiger partial charge < -0.3 is 20.6 Å². The highest BCUT2D eigenvalue weighted by Gasteiger charge is 2.22. The molecular weight excluding hydrogens is 404 g/mol. The standard InChI is InChI=1S/C23H27F2N3O3/c1-14-7-9-28(10-8-14)22(30)16-3-6-20(15(2)11-16)27-23(31)26-13-21(29)18-5-4-17(24)12-19(18)25/h3-6,11-12,14,21,29H,7-10,13H2,1-2H3,(H2,26,27,31). The first kappa shape index (κ1) is 22.7. The summed E-state index contributed by atoms with van der Waals surface area (Å²) in [6.07, 6.45) is 0.677. The van der Waals surface area contributed by atoms with Crippen LogP contribution in [0.3, 0.4) is 0 Å². The SMILES string of the molecule is Cc1cc(C(=O)N2CCC(C)CC2)ccc1NC(=O)NCC(O)c1ccc(F)cc1F. The predicted molar refractivity (Wildman–Crippen MR) is 114 cm³/mol. The monoisotopic (exact) mass is 431 g/mol. The van der Waals surface area contributed by atoms with Crippen LogP contribution < -0.4 is 10.6 Å². The molecule has 6 nitrogen and oxygen atoms in total. The number of aryl methyl sites for hydroxylation is 1. The molecule has 0 aliphatic carbocycles. The summed E-state index contributed by atoms with van der Waals surface area (Å²) >= 11 is 0. The third-order valence-corrected chi connectivity index (χ3v) is 5.57. The van der Waals surface area contributed by atoms with E-state index in [0.29, 0.717) is 23.2 Å². The molecule has 3 rings (SSSR count). The zero-order valence-electron chi connectivity index (χ0n) is 17.6. The van der Waals surface area contributed by atoms with Crippen LogP contribution in [0.5, 0.6) is 0 Å². The van der Waals surface area contributed by atoms with E-state index in [2.05, 4.69) is 17.6 Å². The Morgan fingerprint density at radius 1 is 1.16 bits per heavy atom. The highest BCUT2D eigenvalue weighted by molar-refractivity contribution is 5.96. The van der Waals surface area contributed by atoms with Crippen LogP contribution in [0, 0.1) is 24.5 Å². The second-order valence-corrected chi connectivity index (χ2v) is 8.02. The molecule has 1 heterocycles. The average Bonchev–Trinajstić information content (AvgIpc) is 2.73. The third-order valence-electron chi connectivity index (χ3n) is 5.57. The van der Waals surface area contributed by atoms with Crippen molar-refractivity contribution in [3.8, 4) is 0 Å². The minimum atomic E-state index is -1.32. The number of halogens is 2. The number of nitrogens with one attached hydrogen (secondary N) is 2. The molecule has 0 aromatic heterocycles. The summed E-state index contributed by atoms with van der Waals surface area (Å²) in [5.74, 6) is -1.01. The van der Waals surface area contributed by atoms with Gasteiger partial charge in [0.15, 0.2) is 0 Å². The second kappa shape index (κ2) is 9.87. The molecule has 1 aliphatic rings. The first-order chi connectivity index (χ1) is 14.7. The van der Waals surface area contributed by atoms with Gasteiger partial charge in [0, 0.05) is 42.5 Å². The number of hydrogen-bond donors (Lipinski definition) is 3. The summed E-state index contributed by atoms with van der Waals surface area (Å²) in [6, 6.07) is 7.33. The van der Waals surface area contributed by atoms with Gasteiger partial charge in [-0.1, -0.05) is 13.0 Å². The van der Waals surface area contributed by atoms with E-state index >= 15 is 0 Å². The molecule has 31 heavy (non-hydrogen) atoms. The summed E-state index contributed by atoms with van der Waals surface area (Å²) in [4.78, 5) is 26.7. The largest absolute Gasteiger partial charge is 0.386 e. The van der Waals surface area contributed by atoms with Gasteiger partial charge in [-0.2, -0.15) is 0 Å². The number of urea groups is 1. The Morgan fingerprint density at radius 3 is 2.52 bits per heavy atom. The quantitative estimate of drug-likeness (QED) is 0.669. The topological polar surface area (TPSA) is 81.7 Å². The lowest BCUT2D eigenvalue weighted by molar-refractivity contribution is 0.0697. The van der Waals surface area contributed by atoms with E-state index in [1.165, 1.54) is 0 Å². The lowest BCUT2D eigenvalue weighted by atomic mass is 9.98. The van der Waals surface area contributed by atoms with Crippen molar-refractivity contribution >= 4 is 17.6 Å². The van der Waals surface area contributed by atoms with Crippen LogP contribution in [0.25, 0.3) is 0 Å². The van der Waals surface area contributed by atoms with Crippen LogP contribution in [0.2, 0.25) is 0 Å². The molecule has 1 unspecified atom stereocenters. The van der Waals surface area contributed by atoms with E-state index in [9.17, 15) is 23.5 Å². The normalized spacial score (nSPS) is 15.5. The van der Waals surface area contributed by atoms with E-state index in [-0.39, 0.29) is 18.0 Å². The van der Waals surface area contributed by atoms with Crippen LogP contribution in [0.15, 0.2) is 36.4 Å². The van der Waals surface area contributed by atoms with Crippen molar-refractivity contribution in [2.45, 2.75) is 32.8 Å². The van der Waals surface area contributed by atoms with Crippen molar-refractivity contribution < 1.29 is 23.5 Å². The number of carbonyl (C=O) groups excluding carboxylic acids is 2. The smallest absolute Gasteiger partial charge is 0.319 e. The van der Waals surface area contributed by atoms with Crippen LogP contribution in [0.4, 0.5) is 19.3 Å². The summed E-state index contributed by atoms with van der Waals surface area (Å²) in [5.41, 5.74) is 1.70. The Morgan fingerprint density at radius 2 is 1.87 bits per heavy atom. The minimum absolute atomic E-state index is 0.0181. The van der Waals surface area contributed by atoms with Crippen LogP contribution >= 0.6 is 0 Å². The zero-order valence-corrected chi connectivity index (χ0v) is 17.6. The van der Waals surface area contributed by atoms with Crippen molar-refractivity contribution in [3.05, 3.63) is 64.7 Å². The van der Waals surface area contributed by atoms with E-state index in [1.54, 1.807) is 25.1 Å². The molecule has 8 heteroatoms. The van der Waals surface area contributed by atoms with Gasteiger partial charge in [-0.05, 0) is 55.5 Å². The first-order valence-electron chi connectivity index (χ1n) is 10.3. The summed E-state index contributed by atoms with van der Waals surface area (Å²) in [5, 5.41) is 15.2. The Balaban J connectivity index is 1.56. The molecule has 0 spiro atoms. The number of anilines is 1. The number of aliphatic hydroxyl groups is 1. The third kappa shape index (κ3) is 5.79. The zero-order chi connectivity index (χ0) is 22.5.